The summed E-state index contributed by atoms with van der Waals surface area (Å²) in [5.41, 5.74) is 0.0723. The molecule has 15 heavy (non-hydrogen) atoms. The number of fused-ring (bicyclic) bond motifs is 1. The molecule has 0 radical (unpaired) electrons. The van der Waals surface area contributed by atoms with Crippen molar-refractivity contribution in [3.63, 3.8) is 0 Å². The fourth-order valence-electron chi connectivity index (χ4n) is 1.47. The number of hydrogen-bond donors (Lipinski definition) is 1. The zero-order chi connectivity index (χ0) is 11.0. The molecule has 0 unspecified atom stereocenters. The van der Waals surface area contributed by atoms with Crippen LogP contribution in [0.5, 0.6) is 0 Å². The number of benzene rings is 2. The summed E-state index contributed by atoms with van der Waals surface area (Å²) < 4.78 is 13.4. The number of halogens is 2. The molecule has 0 aliphatic carbocycles. The van der Waals surface area contributed by atoms with Gasteiger partial charge in [-0.3, -0.25) is 0 Å². The van der Waals surface area contributed by atoms with Gasteiger partial charge < -0.3 is 5.11 Å². The second-order valence-electron chi connectivity index (χ2n) is 3.09. The molecule has 0 saturated carbocycles. The topological polar surface area (TPSA) is 37.3 Å². The number of rotatable bonds is 1. The van der Waals surface area contributed by atoms with Crippen LogP contribution in [0.15, 0.2) is 30.3 Å². The third kappa shape index (κ3) is 1.66. The quantitative estimate of drug-likeness (QED) is 0.807. The molecule has 0 spiro atoms. The summed E-state index contributed by atoms with van der Waals surface area (Å²) >= 11 is 5.71. The fraction of sp³-hybridized carbons (Fsp3) is 0. The van der Waals surface area contributed by atoms with Crippen molar-refractivity contribution in [1.29, 1.82) is 0 Å². The number of carboxylic acids is 1. The summed E-state index contributed by atoms with van der Waals surface area (Å²) in [5, 5.41) is 9.84. The average molecular weight is 225 g/mol. The van der Waals surface area contributed by atoms with E-state index in [1.165, 1.54) is 24.3 Å². The van der Waals surface area contributed by atoms with Gasteiger partial charge in [-0.25, -0.2) is 9.18 Å². The van der Waals surface area contributed by atoms with Gasteiger partial charge in [-0.1, -0.05) is 17.7 Å². The Bertz CT molecular complexity index is 552. The minimum Gasteiger partial charge on any atom is -0.478 e. The molecule has 0 atom stereocenters. The maximum atomic E-state index is 13.4. The molecular formula is C11H6ClFO2. The fourth-order valence-corrected chi connectivity index (χ4v) is 1.64. The van der Waals surface area contributed by atoms with Gasteiger partial charge in [0.2, 0.25) is 0 Å². The smallest absolute Gasteiger partial charge is 0.336 e. The molecule has 1 N–H and O–H groups in total. The molecule has 2 rings (SSSR count). The van der Waals surface area contributed by atoms with Gasteiger partial charge in [-0.05, 0) is 29.7 Å². The van der Waals surface area contributed by atoms with Gasteiger partial charge in [-0.15, -0.1) is 0 Å². The maximum absolute atomic E-state index is 13.4. The highest BCUT2D eigenvalue weighted by atomic mass is 35.5. The molecule has 0 saturated heterocycles. The molecule has 2 nitrogen and oxygen atoms in total. The zero-order valence-electron chi connectivity index (χ0n) is 7.50. The van der Waals surface area contributed by atoms with Crippen LogP contribution in [-0.2, 0) is 0 Å². The molecule has 2 aromatic carbocycles. The lowest BCUT2D eigenvalue weighted by molar-refractivity contribution is 0.0699. The zero-order valence-corrected chi connectivity index (χ0v) is 8.25. The minimum atomic E-state index is -1.08. The van der Waals surface area contributed by atoms with Crippen LogP contribution >= 0.6 is 11.6 Å². The number of aromatic carboxylic acids is 1. The number of carboxylic acid groups (broad SMARTS) is 1. The third-order valence-corrected chi connectivity index (χ3v) is 2.39. The van der Waals surface area contributed by atoms with Crippen LogP contribution < -0.4 is 0 Å². The molecular weight excluding hydrogens is 219 g/mol. The first-order valence-electron chi connectivity index (χ1n) is 4.20. The maximum Gasteiger partial charge on any atom is 0.336 e. The predicted molar refractivity (Wildman–Crippen MR) is 55.9 cm³/mol. The first-order valence-corrected chi connectivity index (χ1v) is 4.58. The molecule has 0 aliphatic rings. The lowest BCUT2D eigenvalue weighted by Crippen LogP contribution is -1.98. The van der Waals surface area contributed by atoms with Crippen LogP contribution in [0, 0.1) is 5.82 Å². The Labute approximate surface area is 89.9 Å². The van der Waals surface area contributed by atoms with Gasteiger partial charge in [-0.2, -0.15) is 0 Å². The van der Waals surface area contributed by atoms with Gasteiger partial charge >= 0.3 is 5.97 Å². The summed E-state index contributed by atoms with van der Waals surface area (Å²) in [5.74, 6) is -1.56. The van der Waals surface area contributed by atoms with Crippen LogP contribution in [0.25, 0.3) is 10.8 Å². The third-order valence-electron chi connectivity index (χ3n) is 2.16. The van der Waals surface area contributed by atoms with Crippen LogP contribution in [0.4, 0.5) is 4.39 Å². The van der Waals surface area contributed by atoms with Crippen LogP contribution in [-0.4, -0.2) is 11.1 Å². The Kier molecular flexibility index (Phi) is 2.32. The molecule has 0 heterocycles. The summed E-state index contributed by atoms with van der Waals surface area (Å²) in [6, 6.07) is 6.83. The Hall–Kier alpha value is -1.61. The largest absolute Gasteiger partial charge is 0.478 e. The first-order chi connectivity index (χ1) is 7.09. The van der Waals surface area contributed by atoms with Gasteiger partial charge in [0, 0.05) is 10.4 Å². The van der Waals surface area contributed by atoms with Crippen molar-refractivity contribution < 1.29 is 14.3 Å². The molecule has 0 fully saturated rings. The van der Waals surface area contributed by atoms with Gasteiger partial charge in [0.1, 0.15) is 5.82 Å². The standard InChI is InChI=1S/C11H6ClFO2/c12-6-1-2-7-8(11(14)15)3-4-10(13)9(7)5-6/h1-5H,(H,14,15). The Balaban J connectivity index is 2.88. The van der Waals surface area contributed by atoms with Crippen molar-refractivity contribution in [3.8, 4) is 0 Å². The molecule has 0 aliphatic heterocycles. The van der Waals surface area contributed by atoms with Gasteiger partial charge in [0.25, 0.3) is 0 Å². The minimum absolute atomic E-state index is 0.0723. The lowest BCUT2D eigenvalue weighted by Gasteiger charge is -2.03. The molecule has 0 amide bonds. The second-order valence-corrected chi connectivity index (χ2v) is 3.53. The van der Waals surface area contributed by atoms with Crippen LogP contribution in [0.1, 0.15) is 10.4 Å². The van der Waals surface area contributed by atoms with Crippen molar-refractivity contribution in [2.45, 2.75) is 0 Å². The van der Waals surface area contributed by atoms with E-state index in [4.69, 9.17) is 16.7 Å². The van der Waals surface area contributed by atoms with Crippen molar-refractivity contribution in [2.75, 3.05) is 0 Å². The molecule has 0 bridgehead atoms. The highest BCUT2D eigenvalue weighted by Crippen LogP contribution is 2.25. The molecule has 76 valence electrons. The van der Waals surface area contributed by atoms with E-state index < -0.39 is 11.8 Å². The predicted octanol–water partition coefficient (Wildman–Crippen LogP) is 3.33. The molecule has 4 heteroatoms. The summed E-state index contributed by atoms with van der Waals surface area (Å²) in [6.07, 6.45) is 0. The number of carbonyl (C=O) groups is 1. The normalized spacial score (nSPS) is 10.5. The highest BCUT2D eigenvalue weighted by Gasteiger charge is 2.11. The Morgan fingerprint density at radius 1 is 1.20 bits per heavy atom. The van der Waals surface area contributed by atoms with E-state index in [0.717, 1.165) is 6.07 Å². The van der Waals surface area contributed by atoms with Crippen molar-refractivity contribution >= 4 is 28.3 Å². The lowest BCUT2D eigenvalue weighted by atomic mass is 10.0. The monoisotopic (exact) mass is 224 g/mol. The van der Waals surface area contributed by atoms with E-state index in [1.54, 1.807) is 0 Å². The summed E-state index contributed by atoms with van der Waals surface area (Å²) in [6.45, 7) is 0. The number of hydrogen-bond acceptors (Lipinski definition) is 1. The Morgan fingerprint density at radius 2 is 1.93 bits per heavy atom. The summed E-state index contributed by atoms with van der Waals surface area (Å²) in [4.78, 5) is 10.9. The van der Waals surface area contributed by atoms with Crippen LogP contribution in [0.2, 0.25) is 5.02 Å². The van der Waals surface area contributed by atoms with E-state index in [0.29, 0.717) is 10.4 Å². The summed E-state index contributed by atoms with van der Waals surface area (Å²) in [7, 11) is 0. The average Bonchev–Trinajstić information content (AvgIpc) is 2.19. The van der Waals surface area contributed by atoms with E-state index in [9.17, 15) is 9.18 Å². The Morgan fingerprint density at radius 3 is 2.60 bits per heavy atom. The van der Waals surface area contributed by atoms with E-state index in [-0.39, 0.29) is 10.9 Å². The van der Waals surface area contributed by atoms with Crippen molar-refractivity contribution in [3.05, 3.63) is 46.7 Å². The molecule has 0 aromatic heterocycles. The van der Waals surface area contributed by atoms with E-state index in [2.05, 4.69) is 0 Å². The second kappa shape index (κ2) is 3.51. The van der Waals surface area contributed by atoms with E-state index >= 15 is 0 Å². The molecule has 2 aromatic rings. The van der Waals surface area contributed by atoms with Crippen molar-refractivity contribution in [2.24, 2.45) is 0 Å². The highest BCUT2D eigenvalue weighted by molar-refractivity contribution is 6.31. The van der Waals surface area contributed by atoms with Gasteiger partial charge in [0.05, 0.1) is 5.56 Å². The first kappa shape index (κ1) is 9.93. The SMILES string of the molecule is O=C(O)c1ccc(F)c2cc(Cl)ccc12. The van der Waals surface area contributed by atoms with Crippen molar-refractivity contribution in [1.82, 2.24) is 0 Å². The van der Waals surface area contributed by atoms with E-state index in [1.807, 2.05) is 0 Å². The van der Waals surface area contributed by atoms with Gasteiger partial charge in [0.15, 0.2) is 0 Å². The van der Waals surface area contributed by atoms with Crippen LogP contribution in [0.3, 0.4) is 0 Å².